The molecule has 2 aliphatic rings. The maximum atomic E-state index is 13.5. The Hall–Kier alpha value is -4.17. The molecule has 3 aromatic carbocycles. The average Bonchev–Trinajstić information content (AvgIpc) is 3.28. The summed E-state index contributed by atoms with van der Waals surface area (Å²) in [5.74, 6) is -1.59. The molecular formula is C35H31BrN2O5. The van der Waals surface area contributed by atoms with Crippen molar-refractivity contribution in [2.45, 2.75) is 46.0 Å². The highest BCUT2D eigenvalue weighted by molar-refractivity contribution is 9.10. The Kier molecular flexibility index (Phi) is 7.97. The monoisotopic (exact) mass is 638 g/mol. The van der Waals surface area contributed by atoms with Crippen LogP contribution in [0, 0.1) is 18.8 Å². The summed E-state index contributed by atoms with van der Waals surface area (Å²) in [5.41, 5.74) is 5.22. The maximum absolute atomic E-state index is 13.5. The van der Waals surface area contributed by atoms with Crippen LogP contribution in [-0.4, -0.2) is 35.2 Å². The molecule has 218 valence electrons. The summed E-state index contributed by atoms with van der Waals surface area (Å²) in [5, 5.41) is 0.621. The summed E-state index contributed by atoms with van der Waals surface area (Å²) in [7, 11) is 0. The first kappa shape index (κ1) is 28.9. The van der Waals surface area contributed by atoms with Crippen molar-refractivity contribution >= 4 is 56.1 Å². The van der Waals surface area contributed by atoms with Gasteiger partial charge in [0.05, 0.1) is 34.3 Å². The summed E-state index contributed by atoms with van der Waals surface area (Å²) in [6.45, 7) is 3.57. The number of benzene rings is 3. The van der Waals surface area contributed by atoms with Crippen molar-refractivity contribution < 1.29 is 23.9 Å². The number of aromatic nitrogens is 1. The molecule has 1 saturated heterocycles. The number of amides is 2. The van der Waals surface area contributed by atoms with Crippen LogP contribution < -0.4 is 4.90 Å². The van der Waals surface area contributed by atoms with E-state index in [9.17, 15) is 19.2 Å². The van der Waals surface area contributed by atoms with Crippen molar-refractivity contribution in [3.05, 3.63) is 93.5 Å². The van der Waals surface area contributed by atoms with Gasteiger partial charge in [0.2, 0.25) is 11.8 Å². The second kappa shape index (κ2) is 11.8. The lowest BCUT2D eigenvalue weighted by molar-refractivity contribution is -0.122. The van der Waals surface area contributed by atoms with E-state index in [4.69, 9.17) is 9.72 Å². The maximum Gasteiger partial charge on any atom is 0.339 e. The van der Waals surface area contributed by atoms with E-state index < -0.39 is 5.97 Å². The van der Waals surface area contributed by atoms with Crippen LogP contribution in [0.2, 0.25) is 0 Å². The smallest absolute Gasteiger partial charge is 0.339 e. The molecule has 1 aliphatic heterocycles. The first-order chi connectivity index (χ1) is 20.7. The molecule has 0 bridgehead atoms. The third-order valence-electron chi connectivity index (χ3n) is 8.53. The van der Waals surface area contributed by atoms with E-state index in [1.54, 1.807) is 30.3 Å². The molecule has 1 saturated carbocycles. The summed E-state index contributed by atoms with van der Waals surface area (Å²) in [6.07, 6.45) is 4.16. The molecule has 0 radical (unpaired) electrons. The molecule has 8 heteroatoms. The van der Waals surface area contributed by atoms with Crippen LogP contribution in [0.3, 0.4) is 0 Å². The predicted octanol–water partition coefficient (Wildman–Crippen LogP) is 7.25. The fraction of sp³-hybridized carbons (Fsp3) is 0.286. The van der Waals surface area contributed by atoms with E-state index in [0.29, 0.717) is 39.8 Å². The van der Waals surface area contributed by atoms with Crippen LogP contribution in [-0.2, 0) is 20.7 Å². The van der Waals surface area contributed by atoms with Crippen LogP contribution in [0.1, 0.15) is 64.4 Å². The molecular weight excluding hydrogens is 608 g/mol. The number of anilines is 1. The number of imide groups is 1. The number of carbonyl (C=O) groups excluding carboxylic acids is 4. The Morgan fingerprint density at radius 1 is 0.930 bits per heavy atom. The van der Waals surface area contributed by atoms with E-state index in [1.807, 2.05) is 50.2 Å². The lowest BCUT2D eigenvalue weighted by Gasteiger charge is -2.19. The zero-order chi connectivity index (χ0) is 30.2. The fourth-order valence-electron chi connectivity index (χ4n) is 6.18. The third kappa shape index (κ3) is 5.52. The largest absolute Gasteiger partial charge is 0.454 e. The first-order valence-electron chi connectivity index (χ1n) is 14.6. The minimum atomic E-state index is -0.623. The van der Waals surface area contributed by atoms with Crippen LogP contribution in [0.15, 0.2) is 71.2 Å². The van der Waals surface area contributed by atoms with Gasteiger partial charge < -0.3 is 4.74 Å². The van der Waals surface area contributed by atoms with Gasteiger partial charge in [-0.05, 0) is 62.1 Å². The molecule has 4 aromatic rings. The molecule has 1 aromatic heterocycles. The molecule has 7 nitrogen and oxygen atoms in total. The number of carbonyl (C=O) groups is 4. The van der Waals surface area contributed by atoms with Gasteiger partial charge in [0.1, 0.15) is 0 Å². The number of fused-ring (bicyclic) bond motifs is 2. The third-order valence-corrected chi connectivity index (χ3v) is 8.99. The summed E-state index contributed by atoms with van der Waals surface area (Å²) < 4.78 is 6.34. The quantitative estimate of drug-likeness (QED) is 0.120. The predicted molar refractivity (Wildman–Crippen MR) is 168 cm³/mol. The molecule has 2 heterocycles. The number of Topliss-reactive ketones (excluding diaryl/α,β-unsaturated/α-hetero) is 1. The molecule has 2 atom stereocenters. The lowest BCUT2D eigenvalue weighted by atomic mass is 9.81. The molecule has 2 fully saturated rings. The number of nitrogens with zero attached hydrogens (tertiary/aromatic N) is 2. The number of esters is 1. The first-order valence-corrected chi connectivity index (χ1v) is 15.4. The molecule has 0 spiro atoms. The number of rotatable bonds is 7. The number of aryl methyl sites for hydroxylation is 2. The average molecular weight is 640 g/mol. The Balaban J connectivity index is 1.32. The second-order valence-corrected chi connectivity index (χ2v) is 12.2. The fourth-order valence-corrected chi connectivity index (χ4v) is 6.68. The van der Waals surface area contributed by atoms with Gasteiger partial charge in [0.25, 0.3) is 0 Å². The van der Waals surface area contributed by atoms with Crippen molar-refractivity contribution in [2.24, 2.45) is 11.8 Å². The number of pyridine rings is 1. The highest BCUT2D eigenvalue weighted by Crippen LogP contribution is 2.40. The normalized spacial score (nSPS) is 18.2. The van der Waals surface area contributed by atoms with Crippen molar-refractivity contribution in [1.29, 1.82) is 0 Å². The van der Waals surface area contributed by atoms with Gasteiger partial charge >= 0.3 is 5.97 Å². The van der Waals surface area contributed by atoms with Gasteiger partial charge in [-0.2, -0.15) is 0 Å². The summed E-state index contributed by atoms with van der Waals surface area (Å²) in [4.78, 5) is 58.6. The van der Waals surface area contributed by atoms with Gasteiger partial charge in [-0.15, -0.1) is 0 Å². The topological polar surface area (TPSA) is 93.6 Å². The molecule has 2 amide bonds. The van der Waals surface area contributed by atoms with Crippen molar-refractivity contribution in [1.82, 2.24) is 4.98 Å². The van der Waals surface area contributed by atoms with Gasteiger partial charge in [-0.3, -0.25) is 19.3 Å². The van der Waals surface area contributed by atoms with Crippen molar-refractivity contribution in [3.63, 3.8) is 0 Å². The number of halogens is 1. The van der Waals surface area contributed by atoms with Crippen molar-refractivity contribution in [2.75, 3.05) is 11.5 Å². The molecule has 1 aliphatic carbocycles. The van der Waals surface area contributed by atoms with Crippen molar-refractivity contribution in [3.8, 4) is 11.3 Å². The number of hydrogen-bond acceptors (Lipinski definition) is 6. The highest BCUT2D eigenvalue weighted by atomic mass is 79.9. The summed E-state index contributed by atoms with van der Waals surface area (Å²) in [6, 6.07) is 19.7. The molecule has 6 rings (SSSR count). The highest BCUT2D eigenvalue weighted by Gasteiger charge is 2.48. The molecule has 2 unspecified atom stereocenters. The van der Waals surface area contributed by atoms with Gasteiger partial charge in [-0.1, -0.05) is 77.7 Å². The van der Waals surface area contributed by atoms with Crippen LogP contribution in [0.4, 0.5) is 5.69 Å². The zero-order valence-corrected chi connectivity index (χ0v) is 25.6. The zero-order valence-electron chi connectivity index (χ0n) is 24.1. The van der Waals surface area contributed by atoms with E-state index in [2.05, 4.69) is 15.9 Å². The number of hydrogen-bond donors (Lipinski definition) is 0. The molecule has 0 N–H and O–H groups in total. The van der Waals surface area contributed by atoms with Crippen LogP contribution in [0.25, 0.3) is 22.2 Å². The van der Waals surface area contributed by atoms with Crippen LogP contribution >= 0.6 is 15.9 Å². The Labute approximate surface area is 258 Å². The standard InChI is InChI=1S/C35H31BrN2O5/c1-3-21-16-24(36)17-28-29(35(42)43-19-31(39)23-10-8-20(2)9-11-23)18-30(37-32(21)28)22-12-14-25(15-13-22)38-33(40)26-6-4-5-7-27(26)34(38)41/h8-18,26-27H,3-7,19H2,1-2H3. The van der Waals surface area contributed by atoms with E-state index in [1.165, 1.54) is 4.90 Å². The van der Waals surface area contributed by atoms with Gasteiger partial charge in [0, 0.05) is 21.0 Å². The number of ether oxygens (including phenoxy) is 1. The Morgan fingerprint density at radius 2 is 1.58 bits per heavy atom. The summed E-state index contributed by atoms with van der Waals surface area (Å²) >= 11 is 3.55. The Bertz CT molecular complexity index is 1740. The molecule has 43 heavy (non-hydrogen) atoms. The number of ketones is 1. The lowest BCUT2D eigenvalue weighted by Crippen LogP contribution is -2.30. The van der Waals surface area contributed by atoms with Crippen LogP contribution in [0.5, 0.6) is 0 Å². The van der Waals surface area contributed by atoms with Gasteiger partial charge in [-0.25, -0.2) is 9.78 Å². The van der Waals surface area contributed by atoms with E-state index >= 15 is 0 Å². The second-order valence-electron chi connectivity index (χ2n) is 11.3. The van der Waals surface area contributed by atoms with E-state index in [-0.39, 0.29) is 36.0 Å². The minimum Gasteiger partial charge on any atom is -0.454 e. The minimum absolute atomic E-state index is 0.116. The SMILES string of the molecule is CCc1cc(Br)cc2c(C(=O)OCC(=O)c3ccc(C)cc3)cc(-c3ccc(N4C(=O)C5CCCCC5C4=O)cc3)nc12. The van der Waals surface area contributed by atoms with E-state index in [0.717, 1.165) is 46.8 Å². The Morgan fingerprint density at radius 3 is 2.21 bits per heavy atom. The van der Waals surface area contributed by atoms with Gasteiger partial charge in [0.15, 0.2) is 12.4 Å².